The number of pyridine rings is 7. The molecule has 0 N–H and O–H groups in total. The number of aryl methyl sites for hydroxylation is 6. The predicted molar refractivity (Wildman–Crippen MR) is 397 cm³/mol. The Balaban J connectivity index is 0.000000122. The second kappa shape index (κ2) is 31.0. The van der Waals surface area contributed by atoms with E-state index < -0.39 is 42.9 Å². The van der Waals surface area contributed by atoms with Gasteiger partial charge in [0, 0.05) is 97.2 Å². The van der Waals surface area contributed by atoms with E-state index in [1.165, 1.54) is 46.0 Å². The Hall–Kier alpha value is -14.0. The van der Waals surface area contributed by atoms with Crippen molar-refractivity contribution in [1.82, 2.24) is 96.3 Å². The summed E-state index contributed by atoms with van der Waals surface area (Å²) in [6, 6.07) is 47.4. The van der Waals surface area contributed by atoms with E-state index in [0.717, 1.165) is 109 Å². The summed E-state index contributed by atoms with van der Waals surface area (Å²) in [6.07, 6.45) is 23.8. The average molecular weight is 1560 g/mol. The van der Waals surface area contributed by atoms with E-state index in [0.29, 0.717) is 17.1 Å². The maximum Gasteiger partial charge on any atom is 0.534 e. The second-order valence-electron chi connectivity index (χ2n) is 24.0. The molecule has 0 radical (unpaired) electrons. The number of benzene rings is 1. The number of fused-ring (bicyclic) bond motifs is 4. The number of nitrogens with zero attached hydrogens (tertiary/aromatic N) is 22. The largest absolute Gasteiger partial charge is 0.534 e. The molecule has 28 nitrogen and oxygen atoms in total. The number of aromatic nitrogens is 20. The third-order valence-electron chi connectivity index (χ3n) is 16.3. The molecule has 17 rings (SSSR count). The molecule has 16 aromatic heterocycles. The summed E-state index contributed by atoms with van der Waals surface area (Å²) in [4.78, 5) is 42.0. The SMILES string of the molecule is Cc1cccc(-c2cc3ccccc3n2-c2ccc3ncc(C)n3c2)n1.Cc1cccc(-c2cncn2-c2ccc3ncc(C#N)n3c2)n1.Cc1csc(-c2ncccc2OS(=O)(=O)C(F)(F)F)n1.Cn1ccc(-c2cccnc2OS(=O)(=O)C(F)(F)F)n1.Cn1ccc(-c2cncn2-c2ccc3ncc(C#N)n3c2)n1. The molecule has 16 heterocycles. The molecule has 0 aliphatic carbocycles. The molecule has 0 atom stereocenters. The van der Waals surface area contributed by atoms with Crippen LogP contribution in [0.15, 0.2) is 232 Å². The van der Waals surface area contributed by atoms with Crippen molar-refractivity contribution >= 4 is 59.4 Å². The Morgan fingerprint density at radius 1 is 0.486 bits per heavy atom. The number of alkyl halides is 6. The number of hydrogen-bond donors (Lipinski definition) is 0. The summed E-state index contributed by atoms with van der Waals surface area (Å²) in [5, 5.41) is 29.8. The summed E-state index contributed by atoms with van der Waals surface area (Å²) in [7, 11) is -8.03. The second-order valence-corrected chi connectivity index (χ2v) is 28.0. The van der Waals surface area contributed by atoms with Gasteiger partial charge < -0.3 is 17.3 Å². The first kappa shape index (κ1) is 75.2. The minimum Gasteiger partial charge on any atom is -0.374 e. The van der Waals surface area contributed by atoms with E-state index in [4.69, 9.17) is 15.5 Å². The van der Waals surface area contributed by atoms with Crippen LogP contribution in [0, 0.1) is 50.4 Å². The molecule has 0 saturated carbocycles. The molecule has 558 valence electrons. The molecule has 0 aliphatic heterocycles. The van der Waals surface area contributed by atoms with Crippen molar-refractivity contribution in [3.63, 3.8) is 0 Å². The van der Waals surface area contributed by atoms with Gasteiger partial charge in [0.15, 0.2) is 5.75 Å². The Bertz CT molecular complexity index is 6490. The van der Waals surface area contributed by atoms with Gasteiger partial charge in [0.25, 0.3) is 0 Å². The van der Waals surface area contributed by atoms with Gasteiger partial charge in [0.1, 0.15) is 56.9 Å². The fourth-order valence-electron chi connectivity index (χ4n) is 11.1. The highest BCUT2D eigenvalue weighted by molar-refractivity contribution is 7.88. The summed E-state index contributed by atoms with van der Waals surface area (Å²) >= 11 is 1.12. The van der Waals surface area contributed by atoms with E-state index in [2.05, 4.69) is 152 Å². The van der Waals surface area contributed by atoms with Gasteiger partial charge in [-0.15, -0.1) is 11.3 Å². The van der Waals surface area contributed by atoms with Gasteiger partial charge in [-0.1, -0.05) is 30.3 Å². The Morgan fingerprint density at radius 2 is 1.01 bits per heavy atom. The maximum absolute atomic E-state index is 12.3. The zero-order valence-electron chi connectivity index (χ0n) is 58.7. The molecule has 0 unspecified atom stereocenters. The molecule has 0 spiro atoms. The van der Waals surface area contributed by atoms with Crippen LogP contribution in [0.4, 0.5) is 26.3 Å². The highest BCUT2D eigenvalue weighted by Crippen LogP contribution is 2.37. The zero-order valence-corrected chi connectivity index (χ0v) is 61.2. The first-order valence-electron chi connectivity index (χ1n) is 32.7. The van der Waals surface area contributed by atoms with Crippen molar-refractivity contribution in [2.45, 2.75) is 38.7 Å². The molecule has 37 heteroatoms. The van der Waals surface area contributed by atoms with E-state index >= 15 is 0 Å². The molecule has 0 bridgehead atoms. The third kappa shape index (κ3) is 16.3. The number of hydrogen-bond acceptors (Lipinski definition) is 21. The van der Waals surface area contributed by atoms with Crippen LogP contribution in [0.1, 0.15) is 34.2 Å². The summed E-state index contributed by atoms with van der Waals surface area (Å²) in [6.45, 7) is 7.74. The lowest BCUT2D eigenvalue weighted by Gasteiger charge is -2.12. The molecular formula is C74H56F6N22O6S3. The van der Waals surface area contributed by atoms with Crippen molar-refractivity contribution in [3.8, 4) is 97.0 Å². The zero-order chi connectivity index (χ0) is 78.5. The lowest BCUT2D eigenvalue weighted by molar-refractivity contribution is -0.0505. The highest BCUT2D eigenvalue weighted by Gasteiger charge is 2.50. The fourth-order valence-corrected chi connectivity index (χ4v) is 12.8. The Labute approximate surface area is 630 Å². The van der Waals surface area contributed by atoms with Crippen molar-refractivity contribution in [1.29, 1.82) is 10.5 Å². The van der Waals surface area contributed by atoms with Gasteiger partial charge in [-0.05, 0) is 137 Å². The first-order valence-corrected chi connectivity index (χ1v) is 36.4. The monoisotopic (exact) mass is 1560 g/mol. The van der Waals surface area contributed by atoms with Gasteiger partial charge in [-0.3, -0.25) is 37.3 Å². The summed E-state index contributed by atoms with van der Waals surface area (Å²) in [5.74, 6) is -1.19. The smallest absolute Gasteiger partial charge is 0.374 e. The van der Waals surface area contributed by atoms with Crippen LogP contribution < -0.4 is 8.37 Å². The van der Waals surface area contributed by atoms with Crippen molar-refractivity contribution in [2.24, 2.45) is 14.1 Å². The van der Waals surface area contributed by atoms with Crippen LogP contribution in [0.25, 0.3) is 101 Å². The van der Waals surface area contributed by atoms with Crippen LogP contribution in [0.5, 0.6) is 11.6 Å². The van der Waals surface area contributed by atoms with Crippen molar-refractivity contribution in [2.75, 3.05) is 0 Å². The Morgan fingerprint density at radius 3 is 1.57 bits per heavy atom. The minimum atomic E-state index is -5.77. The molecular weight excluding hydrogens is 1500 g/mol. The number of rotatable bonds is 12. The summed E-state index contributed by atoms with van der Waals surface area (Å²) < 4.78 is 141. The number of thiazole rings is 1. The predicted octanol–water partition coefficient (Wildman–Crippen LogP) is 14.0. The number of nitriles is 2. The fraction of sp³-hybridized carbons (Fsp3) is 0.108. The standard InChI is InChI=1S/C22H18N4.C17H12N6.C15H11N7.C10H8F3N3O3S.C10H7F3N2O3S2/c1-15-6-5-8-19(24-15)21-12-17-7-3-4-9-20(17)26(21)18-10-11-22-23-13-16(2)25(22)14-18;1-12-3-2-4-15(21-12)16-9-19-11-23(16)13-5-6-17-20-8-14(7-18)22(17)10-13;1-20-5-4-13(19-20)14-8-17-10-22(14)11-2-3-15-18-7-12(6-16)21(15)9-11;1-16-6-4-8(15-16)7-3-2-5-14-9(7)19-20(17,18)10(11,12)13;1-6-5-19-9(15-6)8-7(3-2-4-14-8)18-20(16,17)10(11,12)13/h3-14H,1-2H3;2-6,8-11H,1H3;2-5,7-10H,1H3;2-6H,1H3;2-5H,1H3. The van der Waals surface area contributed by atoms with Crippen LogP contribution in [-0.4, -0.2) is 124 Å². The molecule has 0 saturated heterocycles. The van der Waals surface area contributed by atoms with Crippen molar-refractivity contribution in [3.05, 3.63) is 266 Å². The van der Waals surface area contributed by atoms with E-state index in [1.807, 2.05) is 109 Å². The lowest BCUT2D eigenvalue weighted by Crippen LogP contribution is -2.28. The molecule has 0 aliphatic rings. The first-order chi connectivity index (χ1) is 53.1. The van der Waals surface area contributed by atoms with Crippen LogP contribution in [-0.2, 0) is 34.3 Å². The van der Waals surface area contributed by atoms with Gasteiger partial charge in [0.2, 0.25) is 5.88 Å². The quantitative estimate of drug-likeness (QED) is 0.0623. The lowest BCUT2D eigenvalue weighted by atomic mass is 10.2. The Kier molecular flexibility index (Phi) is 21.0. The molecule has 1 aromatic carbocycles. The average Bonchev–Trinajstić information content (AvgIpc) is 1.62. The van der Waals surface area contributed by atoms with Gasteiger partial charge in [-0.2, -0.15) is 63.9 Å². The normalized spacial score (nSPS) is 11.5. The van der Waals surface area contributed by atoms with Gasteiger partial charge in [0.05, 0.1) is 99.7 Å². The molecule has 0 amide bonds. The van der Waals surface area contributed by atoms with E-state index in [1.54, 1.807) is 76.5 Å². The van der Waals surface area contributed by atoms with E-state index in [9.17, 15) is 43.2 Å². The molecule has 0 fully saturated rings. The van der Waals surface area contributed by atoms with Gasteiger partial charge >= 0.3 is 31.3 Å². The topological polar surface area (TPSA) is 327 Å². The van der Waals surface area contributed by atoms with Crippen LogP contribution in [0.3, 0.4) is 0 Å². The minimum absolute atomic E-state index is 0.0425. The van der Waals surface area contributed by atoms with Crippen LogP contribution >= 0.6 is 11.3 Å². The van der Waals surface area contributed by atoms with Gasteiger partial charge in [-0.25, -0.2) is 39.9 Å². The number of para-hydroxylation sites is 1. The van der Waals surface area contributed by atoms with E-state index in [-0.39, 0.29) is 22.0 Å². The molecule has 17 aromatic rings. The number of halogens is 6. The van der Waals surface area contributed by atoms with Crippen molar-refractivity contribution < 1.29 is 51.5 Å². The summed E-state index contributed by atoms with van der Waals surface area (Å²) in [5.41, 5.74) is 5.94. The number of imidazole rings is 5. The van der Waals surface area contributed by atoms with Crippen LogP contribution in [0.2, 0.25) is 0 Å². The maximum atomic E-state index is 12.3. The highest BCUT2D eigenvalue weighted by atomic mass is 32.2. The third-order valence-corrected chi connectivity index (χ3v) is 19.1. The molecule has 111 heavy (non-hydrogen) atoms.